The summed E-state index contributed by atoms with van der Waals surface area (Å²) in [4.78, 5) is 0. The van der Waals surface area contributed by atoms with Crippen LogP contribution in [0.4, 0.5) is 43.9 Å². The SMILES string of the molecule is CO[Si](OC)(OC)c1ccc(OB(Oc2c(F)c(F)c(F)c(F)c2F)Oc2c(F)c(F)c(F)c(F)c2F)cc1. The van der Waals surface area contributed by atoms with Gasteiger partial charge in [-0.15, -0.1) is 0 Å². The second-order valence-corrected chi connectivity index (χ2v) is 10.0. The number of hydrogen-bond donors (Lipinski definition) is 0. The summed E-state index contributed by atoms with van der Waals surface area (Å²) in [6.07, 6.45) is 0. The normalized spacial score (nSPS) is 11.5. The van der Waals surface area contributed by atoms with Crippen molar-refractivity contribution in [2.24, 2.45) is 0 Å². The molecule has 0 fully saturated rings. The maximum Gasteiger partial charge on any atom is 0.864 e. The summed E-state index contributed by atoms with van der Waals surface area (Å²) in [5, 5.41) is 0.306. The Labute approximate surface area is 214 Å². The van der Waals surface area contributed by atoms with Crippen LogP contribution in [0.15, 0.2) is 24.3 Å². The van der Waals surface area contributed by atoms with Crippen LogP contribution in [0.5, 0.6) is 17.2 Å². The average Bonchev–Trinajstić information content (AvgIpc) is 2.95. The van der Waals surface area contributed by atoms with Gasteiger partial charge in [0, 0.05) is 26.5 Å². The van der Waals surface area contributed by atoms with Gasteiger partial charge in [0.25, 0.3) is 0 Å². The van der Waals surface area contributed by atoms with Gasteiger partial charge in [-0.3, -0.25) is 0 Å². The second kappa shape index (κ2) is 11.7. The van der Waals surface area contributed by atoms with Crippen molar-refractivity contribution in [3.63, 3.8) is 0 Å². The predicted molar refractivity (Wildman–Crippen MR) is 113 cm³/mol. The van der Waals surface area contributed by atoms with Gasteiger partial charge >= 0.3 is 16.1 Å². The maximum absolute atomic E-state index is 14.2. The van der Waals surface area contributed by atoms with Crippen LogP contribution in [0, 0.1) is 58.2 Å². The molecule has 6 nitrogen and oxygen atoms in total. The topological polar surface area (TPSA) is 55.4 Å². The largest absolute Gasteiger partial charge is 0.864 e. The van der Waals surface area contributed by atoms with Gasteiger partial charge in [-0.1, -0.05) is 12.1 Å². The molecule has 3 aromatic rings. The molecule has 0 saturated carbocycles. The number of rotatable bonds is 10. The van der Waals surface area contributed by atoms with Crippen molar-refractivity contribution in [1.29, 1.82) is 0 Å². The Morgan fingerprint density at radius 3 is 1.08 bits per heavy atom. The summed E-state index contributed by atoms with van der Waals surface area (Å²) in [6, 6.07) is 4.63. The fraction of sp³-hybridized carbons (Fsp3) is 0.143. The van der Waals surface area contributed by atoms with Crippen LogP contribution in [0.2, 0.25) is 0 Å². The van der Waals surface area contributed by atoms with Crippen molar-refractivity contribution in [2.75, 3.05) is 21.3 Å². The highest BCUT2D eigenvalue weighted by Gasteiger charge is 2.42. The Hall–Kier alpha value is -3.48. The van der Waals surface area contributed by atoms with Gasteiger partial charge in [-0.2, -0.15) is 17.6 Å². The van der Waals surface area contributed by atoms with E-state index in [2.05, 4.69) is 9.31 Å². The van der Waals surface area contributed by atoms with Crippen LogP contribution >= 0.6 is 0 Å². The minimum absolute atomic E-state index is 0.306. The summed E-state index contributed by atoms with van der Waals surface area (Å²) in [7, 11) is -2.48. The molecular formula is C21H13BF10O6Si. The fourth-order valence-electron chi connectivity index (χ4n) is 3.09. The minimum atomic E-state index is -3.40. The zero-order valence-corrected chi connectivity index (χ0v) is 20.6. The standard InChI is InChI=1S/C21H13BF10O6Si/c1-33-39(34-2,35-3)9-6-4-8(5-7-9)36-22(37-20-16(29)12(25)10(23)13(26)17(20)30)38-21-18(31)14(27)11(24)15(28)19(21)32/h4-7H,1-3H3. The van der Waals surface area contributed by atoms with Gasteiger partial charge in [0.1, 0.15) is 5.75 Å². The first kappa shape index (κ1) is 30.1. The van der Waals surface area contributed by atoms with Gasteiger partial charge in [0.05, 0.1) is 0 Å². The summed E-state index contributed by atoms with van der Waals surface area (Å²) in [5.74, 6) is -29.9. The smallest absolute Gasteiger partial charge is 0.490 e. The molecule has 0 spiro atoms. The third-order valence-corrected chi connectivity index (χ3v) is 7.67. The lowest BCUT2D eigenvalue weighted by Gasteiger charge is -2.24. The molecule has 39 heavy (non-hydrogen) atoms. The molecule has 0 radical (unpaired) electrons. The van der Waals surface area contributed by atoms with Gasteiger partial charge in [-0.25, -0.2) is 26.3 Å². The molecule has 0 aliphatic rings. The maximum atomic E-state index is 14.2. The Morgan fingerprint density at radius 2 is 0.769 bits per heavy atom. The third kappa shape index (κ3) is 5.49. The Kier molecular flexibility index (Phi) is 9.04. The zero-order valence-electron chi connectivity index (χ0n) is 19.6. The van der Waals surface area contributed by atoms with Gasteiger partial charge < -0.3 is 27.2 Å². The van der Waals surface area contributed by atoms with Crippen LogP contribution in [0.3, 0.4) is 0 Å². The molecule has 0 bridgehead atoms. The van der Waals surface area contributed by atoms with Crippen molar-refractivity contribution in [3.8, 4) is 17.2 Å². The lowest BCUT2D eigenvalue weighted by Crippen LogP contribution is -2.54. The summed E-state index contributed by atoms with van der Waals surface area (Å²) in [5.41, 5.74) is 0. The van der Waals surface area contributed by atoms with Gasteiger partial charge in [-0.05, 0) is 12.1 Å². The van der Waals surface area contributed by atoms with Crippen LogP contribution in [-0.2, 0) is 13.3 Å². The van der Waals surface area contributed by atoms with Crippen LogP contribution in [0.25, 0.3) is 0 Å². The van der Waals surface area contributed by atoms with E-state index in [0.29, 0.717) is 5.19 Å². The van der Waals surface area contributed by atoms with E-state index in [1.807, 2.05) is 0 Å². The van der Waals surface area contributed by atoms with Crippen LogP contribution < -0.4 is 19.1 Å². The molecule has 210 valence electrons. The molecule has 3 rings (SSSR count). The monoisotopic (exact) mass is 590 g/mol. The summed E-state index contributed by atoms with van der Waals surface area (Å²) in [6.45, 7) is 0. The molecule has 0 N–H and O–H groups in total. The Bertz CT molecular complexity index is 1240. The molecule has 0 unspecified atom stereocenters. The van der Waals surface area contributed by atoms with Crippen molar-refractivity contribution >= 4 is 21.3 Å². The molecule has 0 aromatic heterocycles. The molecular weight excluding hydrogens is 577 g/mol. The lowest BCUT2D eigenvalue weighted by molar-refractivity contribution is 0.140. The summed E-state index contributed by atoms with van der Waals surface area (Å²) >= 11 is 0. The quantitative estimate of drug-likeness (QED) is 0.148. The van der Waals surface area contributed by atoms with Crippen molar-refractivity contribution in [3.05, 3.63) is 82.4 Å². The van der Waals surface area contributed by atoms with E-state index in [9.17, 15) is 43.9 Å². The zero-order chi connectivity index (χ0) is 29.2. The number of halogens is 10. The molecule has 0 aliphatic carbocycles. The van der Waals surface area contributed by atoms with Crippen LogP contribution in [-0.4, -0.2) is 37.5 Å². The minimum Gasteiger partial charge on any atom is -0.490 e. The number of benzene rings is 3. The van der Waals surface area contributed by atoms with Crippen molar-refractivity contribution < 1.29 is 71.1 Å². The molecule has 0 saturated heterocycles. The van der Waals surface area contributed by atoms with Gasteiger partial charge in [0.15, 0.2) is 11.5 Å². The number of hydrogen-bond acceptors (Lipinski definition) is 6. The van der Waals surface area contributed by atoms with Crippen LogP contribution in [0.1, 0.15) is 0 Å². The van der Waals surface area contributed by atoms with E-state index in [1.54, 1.807) is 0 Å². The first-order chi connectivity index (χ1) is 18.3. The van der Waals surface area contributed by atoms with E-state index in [-0.39, 0.29) is 0 Å². The molecule has 0 aliphatic heterocycles. The van der Waals surface area contributed by atoms with E-state index < -0.39 is 91.5 Å². The van der Waals surface area contributed by atoms with E-state index in [4.69, 9.17) is 17.9 Å². The first-order valence-electron chi connectivity index (χ1n) is 10.1. The van der Waals surface area contributed by atoms with E-state index in [1.165, 1.54) is 33.5 Å². The molecule has 3 aromatic carbocycles. The summed E-state index contributed by atoms with van der Waals surface area (Å²) < 4.78 is 168. The lowest BCUT2D eigenvalue weighted by atomic mass is 10.1. The first-order valence-corrected chi connectivity index (χ1v) is 11.8. The molecule has 18 heteroatoms. The molecule has 0 atom stereocenters. The Balaban J connectivity index is 2.07. The Morgan fingerprint density at radius 1 is 0.462 bits per heavy atom. The average molecular weight is 590 g/mol. The van der Waals surface area contributed by atoms with E-state index in [0.717, 1.165) is 12.1 Å². The molecule has 0 heterocycles. The second-order valence-electron chi connectivity index (χ2n) is 7.13. The van der Waals surface area contributed by atoms with Crippen molar-refractivity contribution in [2.45, 2.75) is 0 Å². The van der Waals surface area contributed by atoms with Gasteiger partial charge in [0.2, 0.25) is 58.2 Å². The predicted octanol–water partition coefficient (Wildman–Crippen LogP) is 4.68. The highest BCUT2D eigenvalue weighted by molar-refractivity contribution is 6.75. The van der Waals surface area contributed by atoms with Crippen molar-refractivity contribution in [1.82, 2.24) is 0 Å². The van der Waals surface area contributed by atoms with E-state index >= 15 is 0 Å². The highest BCUT2D eigenvalue weighted by Crippen LogP contribution is 2.33. The third-order valence-electron chi connectivity index (χ3n) is 5.01. The fourth-order valence-corrected chi connectivity index (χ4v) is 4.88. The highest BCUT2D eigenvalue weighted by atomic mass is 28.4. The molecule has 0 amide bonds.